The number of ether oxygens (including phenoxy) is 3. The normalized spacial score (nSPS) is 18.5. The molecule has 136 valence electrons. The molecule has 0 bridgehead atoms. The zero-order valence-electron chi connectivity index (χ0n) is 14.6. The van der Waals surface area contributed by atoms with E-state index >= 15 is 0 Å². The third-order valence-electron chi connectivity index (χ3n) is 5.03. The number of nitrogens with one attached hydrogen (secondary N) is 1. The zero-order chi connectivity index (χ0) is 17.8. The fourth-order valence-corrected chi connectivity index (χ4v) is 3.47. The van der Waals surface area contributed by atoms with Crippen molar-refractivity contribution in [3.05, 3.63) is 54.1 Å². The maximum atomic E-state index is 6.11. The van der Waals surface area contributed by atoms with Gasteiger partial charge in [-0.2, -0.15) is 0 Å². The summed E-state index contributed by atoms with van der Waals surface area (Å²) in [6, 6.07) is 16.0. The third-order valence-corrected chi connectivity index (χ3v) is 5.03. The first-order valence-electron chi connectivity index (χ1n) is 8.85. The van der Waals surface area contributed by atoms with Crippen LogP contribution in [0.4, 0.5) is 5.69 Å². The van der Waals surface area contributed by atoms with Gasteiger partial charge < -0.3 is 25.3 Å². The molecule has 0 aliphatic carbocycles. The number of aliphatic imine (C=N–C) groups is 1. The molecule has 0 atom stereocenters. The average Bonchev–Trinajstić information content (AvgIpc) is 3.16. The van der Waals surface area contributed by atoms with E-state index in [1.54, 1.807) is 0 Å². The van der Waals surface area contributed by atoms with Gasteiger partial charge in [-0.1, -0.05) is 24.3 Å². The van der Waals surface area contributed by atoms with Crippen molar-refractivity contribution in [2.24, 2.45) is 10.7 Å². The van der Waals surface area contributed by atoms with Crippen molar-refractivity contribution in [2.75, 3.05) is 31.9 Å². The minimum absolute atomic E-state index is 0.109. The maximum Gasteiger partial charge on any atom is 0.231 e. The van der Waals surface area contributed by atoms with Crippen molar-refractivity contribution >= 4 is 11.6 Å². The number of guanidine groups is 1. The molecule has 2 heterocycles. The first-order chi connectivity index (χ1) is 12.8. The summed E-state index contributed by atoms with van der Waals surface area (Å²) in [7, 11) is 0. The zero-order valence-corrected chi connectivity index (χ0v) is 14.6. The molecule has 4 rings (SSSR count). The van der Waals surface area contributed by atoms with Crippen molar-refractivity contribution in [3.8, 4) is 11.5 Å². The van der Waals surface area contributed by atoms with Crippen LogP contribution in [0.15, 0.2) is 53.5 Å². The van der Waals surface area contributed by atoms with Crippen LogP contribution < -0.4 is 20.5 Å². The Morgan fingerprint density at radius 1 is 1.04 bits per heavy atom. The van der Waals surface area contributed by atoms with Gasteiger partial charge in [0.15, 0.2) is 17.5 Å². The molecule has 6 nitrogen and oxygen atoms in total. The van der Waals surface area contributed by atoms with Crippen molar-refractivity contribution in [3.63, 3.8) is 0 Å². The molecule has 1 fully saturated rings. The highest BCUT2D eigenvalue weighted by Gasteiger charge is 2.35. The highest BCUT2D eigenvalue weighted by molar-refractivity contribution is 5.92. The van der Waals surface area contributed by atoms with Crippen LogP contribution in [0.1, 0.15) is 18.4 Å². The molecule has 2 aliphatic heterocycles. The van der Waals surface area contributed by atoms with Gasteiger partial charge in [0.2, 0.25) is 6.79 Å². The summed E-state index contributed by atoms with van der Waals surface area (Å²) in [6.07, 6.45) is 1.80. The Bertz CT molecular complexity index is 786. The van der Waals surface area contributed by atoms with E-state index in [0.717, 1.165) is 43.2 Å². The molecular weight excluding hydrogens is 330 g/mol. The minimum atomic E-state index is -0.109. The molecule has 0 saturated carbocycles. The topological polar surface area (TPSA) is 78.1 Å². The van der Waals surface area contributed by atoms with Crippen LogP contribution >= 0.6 is 0 Å². The van der Waals surface area contributed by atoms with Gasteiger partial charge in [-0.05, 0) is 42.7 Å². The minimum Gasteiger partial charge on any atom is -0.454 e. The predicted molar refractivity (Wildman–Crippen MR) is 101 cm³/mol. The lowest BCUT2D eigenvalue weighted by atomic mass is 9.74. The second kappa shape index (κ2) is 7.25. The second-order valence-corrected chi connectivity index (χ2v) is 6.65. The van der Waals surface area contributed by atoms with E-state index in [0.29, 0.717) is 12.5 Å². The summed E-state index contributed by atoms with van der Waals surface area (Å²) in [5.41, 5.74) is 8.13. The number of nitrogens with zero attached hydrogens (tertiary/aromatic N) is 1. The highest BCUT2D eigenvalue weighted by Crippen LogP contribution is 2.41. The summed E-state index contributed by atoms with van der Waals surface area (Å²) in [4.78, 5) is 4.64. The molecular formula is C20H23N3O3. The number of benzene rings is 2. The summed E-state index contributed by atoms with van der Waals surface area (Å²) in [5, 5.41) is 3.14. The highest BCUT2D eigenvalue weighted by atomic mass is 16.7. The van der Waals surface area contributed by atoms with Gasteiger partial charge in [-0.25, -0.2) is 0 Å². The second-order valence-electron chi connectivity index (χ2n) is 6.65. The van der Waals surface area contributed by atoms with Crippen LogP contribution in [-0.2, 0) is 10.2 Å². The van der Waals surface area contributed by atoms with Gasteiger partial charge >= 0.3 is 0 Å². The Morgan fingerprint density at radius 3 is 2.62 bits per heavy atom. The fourth-order valence-electron chi connectivity index (χ4n) is 3.47. The molecule has 2 aromatic rings. The number of anilines is 1. The number of hydrogen-bond acceptors (Lipinski definition) is 4. The van der Waals surface area contributed by atoms with E-state index < -0.39 is 0 Å². The van der Waals surface area contributed by atoms with Crippen molar-refractivity contribution < 1.29 is 14.2 Å². The molecule has 0 spiro atoms. The van der Waals surface area contributed by atoms with Crippen LogP contribution in [0.5, 0.6) is 11.5 Å². The van der Waals surface area contributed by atoms with Gasteiger partial charge in [-0.3, -0.25) is 4.99 Å². The Hall–Kier alpha value is -2.73. The number of hydrogen-bond donors (Lipinski definition) is 2. The Kier molecular flexibility index (Phi) is 4.67. The molecule has 2 aromatic carbocycles. The molecule has 0 radical (unpaired) electrons. The Balaban J connectivity index is 1.55. The van der Waals surface area contributed by atoms with Crippen LogP contribution in [0.25, 0.3) is 0 Å². The predicted octanol–water partition coefficient (Wildman–Crippen LogP) is 2.89. The number of para-hydroxylation sites is 1. The Labute approximate surface area is 153 Å². The SMILES string of the molecule is NC(=NCC1(c2ccc3c(c2)OCO3)CCOCC1)Nc1ccccc1. The molecule has 0 unspecified atom stereocenters. The fraction of sp³-hybridized carbons (Fsp3) is 0.350. The lowest BCUT2D eigenvalue weighted by Gasteiger charge is -2.36. The van der Waals surface area contributed by atoms with Gasteiger partial charge in [0.1, 0.15) is 0 Å². The van der Waals surface area contributed by atoms with Crippen LogP contribution in [0.2, 0.25) is 0 Å². The molecule has 26 heavy (non-hydrogen) atoms. The largest absolute Gasteiger partial charge is 0.454 e. The molecule has 3 N–H and O–H groups in total. The number of rotatable bonds is 4. The van der Waals surface area contributed by atoms with Crippen molar-refractivity contribution in [2.45, 2.75) is 18.3 Å². The standard InChI is InChI=1S/C20H23N3O3/c21-19(23-16-4-2-1-3-5-16)22-13-20(8-10-24-11-9-20)15-6-7-17-18(12-15)26-14-25-17/h1-7,12H,8-11,13-14H2,(H3,21,22,23). The van der Waals surface area contributed by atoms with Gasteiger partial charge in [-0.15, -0.1) is 0 Å². The van der Waals surface area contributed by atoms with Crippen molar-refractivity contribution in [1.29, 1.82) is 0 Å². The first-order valence-corrected chi connectivity index (χ1v) is 8.85. The Morgan fingerprint density at radius 2 is 1.81 bits per heavy atom. The van der Waals surface area contributed by atoms with E-state index in [-0.39, 0.29) is 12.2 Å². The molecule has 0 amide bonds. The van der Waals surface area contributed by atoms with E-state index in [4.69, 9.17) is 19.9 Å². The molecule has 6 heteroatoms. The van der Waals surface area contributed by atoms with E-state index in [9.17, 15) is 0 Å². The molecule has 1 saturated heterocycles. The van der Waals surface area contributed by atoms with Crippen molar-refractivity contribution in [1.82, 2.24) is 0 Å². The first kappa shape index (κ1) is 16.7. The van der Waals surface area contributed by atoms with E-state index in [1.165, 1.54) is 5.56 Å². The van der Waals surface area contributed by atoms with E-state index in [2.05, 4.69) is 22.4 Å². The van der Waals surface area contributed by atoms with Gasteiger partial charge in [0.05, 0.1) is 6.54 Å². The van der Waals surface area contributed by atoms with Crippen LogP contribution in [0, 0.1) is 0 Å². The number of fused-ring (bicyclic) bond motifs is 1. The summed E-state index contributed by atoms with van der Waals surface area (Å²) in [6.45, 7) is 2.31. The third kappa shape index (κ3) is 3.46. The number of nitrogens with two attached hydrogens (primary N) is 1. The summed E-state index contributed by atoms with van der Waals surface area (Å²) < 4.78 is 16.6. The van der Waals surface area contributed by atoms with Crippen LogP contribution in [0.3, 0.4) is 0 Å². The van der Waals surface area contributed by atoms with Gasteiger partial charge in [0, 0.05) is 24.3 Å². The lowest BCUT2D eigenvalue weighted by molar-refractivity contribution is 0.0531. The van der Waals surface area contributed by atoms with Gasteiger partial charge in [0.25, 0.3) is 0 Å². The van der Waals surface area contributed by atoms with E-state index in [1.807, 2.05) is 36.4 Å². The monoisotopic (exact) mass is 353 g/mol. The van der Waals surface area contributed by atoms with Crippen LogP contribution in [-0.4, -0.2) is 32.5 Å². The molecule has 0 aromatic heterocycles. The smallest absolute Gasteiger partial charge is 0.231 e. The molecule has 2 aliphatic rings. The average molecular weight is 353 g/mol. The maximum absolute atomic E-state index is 6.11. The summed E-state index contributed by atoms with van der Waals surface area (Å²) in [5.74, 6) is 2.01. The quantitative estimate of drug-likeness (QED) is 0.653. The lowest BCUT2D eigenvalue weighted by Crippen LogP contribution is -2.38. The summed E-state index contributed by atoms with van der Waals surface area (Å²) >= 11 is 0.